The number of nitrogens with zero attached hydrogens (tertiary/aromatic N) is 2. The molecule has 0 radical (unpaired) electrons. The number of aryl methyl sites for hydroxylation is 1. The Bertz CT molecular complexity index is 1230. The van der Waals surface area contributed by atoms with Crippen LogP contribution in [0.2, 0.25) is 0 Å². The van der Waals surface area contributed by atoms with E-state index in [0.717, 1.165) is 44.6 Å². The lowest BCUT2D eigenvalue weighted by atomic mass is 9.60. The lowest BCUT2D eigenvalue weighted by Gasteiger charge is -2.46. The van der Waals surface area contributed by atoms with Crippen molar-refractivity contribution in [2.24, 2.45) is 5.92 Å². The van der Waals surface area contributed by atoms with Gasteiger partial charge >= 0.3 is 6.18 Å². The van der Waals surface area contributed by atoms with Gasteiger partial charge in [-0.15, -0.1) is 10.2 Å². The lowest BCUT2D eigenvalue weighted by Crippen LogP contribution is -2.50. The number of amides is 1. The molecule has 0 aliphatic heterocycles. The molecule has 2 aromatic heterocycles. The molecule has 6 nitrogen and oxygen atoms in total. The molecule has 1 amide bonds. The van der Waals surface area contributed by atoms with E-state index in [4.69, 9.17) is 8.83 Å². The standard InChI is InChI=1S/C25H28F3N3O3/c1-13(2)16-9-17-11-20(34-21(17)18(10-16)25(26,27)28)22(32)29-19-6-8-24(7-4-5-15(19)12-24)23-31-30-14(3)33-23/h9-11,13,15,19H,4-8,12H2,1-3H3,(H,29,32). The molecule has 2 saturated carbocycles. The van der Waals surface area contributed by atoms with E-state index in [1.54, 1.807) is 13.0 Å². The van der Waals surface area contributed by atoms with Gasteiger partial charge in [0.15, 0.2) is 5.76 Å². The molecule has 3 atom stereocenters. The zero-order valence-corrected chi connectivity index (χ0v) is 19.5. The van der Waals surface area contributed by atoms with Gasteiger partial charge in [0.25, 0.3) is 5.91 Å². The van der Waals surface area contributed by atoms with Crippen LogP contribution >= 0.6 is 0 Å². The zero-order chi connectivity index (χ0) is 24.3. The van der Waals surface area contributed by atoms with Crippen LogP contribution in [0.1, 0.15) is 91.8 Å². The first-order chi connectivity index (χ1) is 16.1. The van der Waals surface area contributed by atoms with Crippen LogP contribution in [-0.4, -0.2) is 22.1 Å². The molecule has 3 aromatic rings. The fourth-order valence-electron chi connectivity index (χ4n) is 5.72. The molecule has 1 aromatic carbocycles. The molecule has 2 fully saturated rings. The van der Waals surface area contributed by atoms with E-state index in [-0.39, 0.29) is 40.0 Å². The summed E-state index contributed by atoms with van der Waals surface area (Å²) in [6.45, 7) is 5.44. The van der Waals surface area contributed by atoms with Crippen molar-refractivity contribution in [3.8, 4) is 0 Å². The largest absolute Gasteiger partial charge is 0.450 e. The van der Waals surface area contributed by atoms with E-state index in [2.05, 4.69) is 15.5 Å². The summed E-state index contributed by atoms with van der Waals surface area (Å²) in [5.74, 6) is 0.798. The first-order valence-corrected chi connectivity index (χ1v) is 11.8. The number of hydrogen-bond acceptors (Lipinski definition) is 5. The van der Waals surface area contributed by atoms with Gasteiger partial charge in [0.1, 0.15) is 5.58 Å². The maximum atomic E-state index is 13.7. The number of rotatable bonds is 4. The van der Waals surface area contributed by atoms with Crippen molar-refractivity contribution in [1.82, 2.24) is 15.5 Å². The molecule has 0 spiro atoms. The van der Waals surface area contributed by atoms with Gasteiger partial charge in [-0.3, -0.25) is 4.79 Å². The van der Waals surface area contributed by atoms with Gasteiger partial charge in [-0.25, -0.2) is 0 Å². The summed E-state index contributed by atoms with van der Waals surface area (Å²) >= 11 is 0. The predicted molar refractivity (Wildman–Crippen MR) is 118 cm³/mol. The first kappa shape index (κ1) is 22.9. The lowest BCUT2D eigenvalue weighted by molar-refractivity contribution is -0.136. The minimum atomic E-state index is -4.57. The highest BCUT2D eigenvalue weighted by molar-refractivity contribution is 5.97. The Balaban J connectivity index is 1.38. The van der Waals surface area contributed by atoms with E-state index < -0.39 is 17.6 Å². The maximum Gasteiger partial charge on any atom is 0.420 e. The van der Waals surface area contributed by atoms with E-state index >= 15 is 0 Å². The summed E-state index contributed by atoms with van der Waals surface area (Å²) in [5, 5.41) is 11.6. The monoisotopic (exact) mass is 475 g/mol. The quantitative estimate of drug-likeness (QED) is 0.480. The molecule has 2 aliphatic rings. The number of halogens is 3. The number of alkyl halides is 3. The number of benzene rings is 1. The van der Waals surface area contributed by atoms with Crippen molar-refractivity contribution in [2.45, 2.75) is 82.8 Å². The minimum Gasteiger partial charge on any atom is -0.450 e. The average molecular weight is 476 g/mol. The molecule has 5 rings (SSSR count). The van der Waals surface area contributed by atoms with E-state index in [9.17, 15) is 18.0 Å². The predicted octanol–water partition coefficient (Wildman–Crippen LogP) is 6.29. The molecular formula is C25H28F3N3O3. The van der Waals surface area contributed by atoms with Crippen LogP contribution in [0.25, 0.3) is 11.0 Å². The Morgan fingerprint density at radius 1 is 1.15 bits per heavy atom. The maximum absolute atomic E-state index is 13.7. The third-order valence-corrected chi connectivity index (χ3v) is 7.52. The number of carbonyl (C=O) groups excluding carboxylic acids is 1. The first-order valence-electron chi connectivity index (χ1n) is 11.8. The number of fused-ring (bicyclic) bond motifs is 3. The number of hydrogen-bond donors (Lipinski definition) is 1. The number of carbonyl (C=O) groups is 1. The van der Waals surface area contributed by atoms with Crippen LogP contribution in [0.15, 0.2) is 27.0 Å². The molecule has 182 valence electrons. The smallest absolute Gasteiger partial charge is 0.420 e. The SMILES string of the molecule is Cc1nnc(C23CCCC(C2)C(NC(=O)c2cc4cc(C(C)C)cc(C(F)(F)F)c4o2)CC3)o1. The van der Waals surface area contributed by atoms with Crippen molar-refractivity contribution < 1.29 is 26.8 Å². The van der Waals surface area contributed by atoms with Crippen molar-refractivity contribution in [2.75, 3.05) is 0 Å². The van der Waals surface area contributed by atoms with E-state index in [1.165, 1.54) is 6.07 Å². The van der Waals surface area contributed by atoms with E-state index in [0.29, 0.717) is 17.3 Å². The van der Waals surface area contributed by atoms with Crippen molar-refractivity contribution in [1.29, 1.82) is 0 Å². The Labute approximate surface area is 195 Å². The normalized spacial score (nSPS) is 25.1. The molecule has 2 aliphatic carbocycles. The highest BCUT2D eigenvalue weighted by Crippen LogP contribution is 2.50. The Morgan fingerprint density at radius 3 is 2.62 bits per heavy atom. The van der Waals surface area contributed by atoms with Crippen LogP contribution < -0.4 is 5.32 Å². The van der Waals surface area contributed by atoms with Crippen LogP contribution in [0.3, 0.4) is 0 Å². The summed E-state index contributed by atoms with van der Waals surface area (Å²) < 4.78 is 52.3. The topological polar surface area (TPSA) is 81.2 Å². The fraction of sp³-hybridized carbons (Fsp3) is 0.560. The van der Waals surface area contributed by atoms with Gasteiger partial charge in [0, 0.05) is 23.8 Å². The number of furan rings is 1. The van der Waals surface area contributed by atoms with Gasteiger partial charge < -0.3 is 14.2 Å². The molecule has 34 heavy (non-hydrogen) atoms. The highest BCUT2D eigenvalue weighted by Gasteiger charge is 2.48. The third kappa shape index (κ3) is 3.99. The van der Waals surface area contributed by atoms with Crippen molar-refractivity contribution in [3.63, 3.8) is 0 Å². The molecule has 2 bridgehead atoms. The zero-order valence-electron chi connectivity index (χ0n) is 19.5. The average Bonchev–Trinajstić information content (AvgIpc) is 3.41. The van der Waals surface area contributed by atoms with Crippen LogP contribution in [-0.2, 0) is 11.6 Å². The van der Waals surface area contributed by atoms with Gasteiger partial charge in [-0.2, -0.15) is 13.2 Å². The van der Waals surface area contributed by atoms with Crippen LogP contribution in [0.4, 0.5) is 13.2 Å². The number of aromatic nitrogens is 2. The second kappa shape index (κ2) is 8.13. The van der Waals surface area contributed by atoms with Gasteiger partial charge in [-0.1, -0.05) is 20.3 Å². The molecular weight excluding hydrogens is 447 g/mol. The van der Waals surface area contributed by atoms with Gasteiger partial charge in [0.2, 0.25) is 11.8 Å². The Kier molecular flexibility index (Phi) is 5.48. The summed E-state index contributed by atoms with van der Waals surface area (Å²) in [7, 11) is 0. The summed E-state index contributed by atoms with van der Waals surface area (Å²) in [5.41, 5.74) is -0.749. The van der Waals surface area contributed by atoms with E-state index in [1.807, 2.05) is 13.8 Å². The third-order valence-electron chi connectivity index (χ3n) is 7.52. The van der Waals surface area contributed by atoms with Gasteiger partial charge in [-0.05, 0) is 67.7 Å². The fourth-order valence-corrected chi connectivity index (χ4v) is 5.72. The summed E-state index contributed by atoms with van der Waals surface area (Å²) in [6.07, 6.45) is 0.765. The molecule has 3 unspecified atom stereocenters. The second-order valence-electron chi connectivity index (χ2n) is 10.1. The second-order valence-corrected chi connectivity index (χ2v) is 10.1. The summed E-state index contributed by atoms with van der Waals surface area (Å²) in [4.78, 5) is 13.0. The molecule has 1 N–H and O–H groups in total. The highest BCUT2D eigenvalue weighted by atomic mass is 19.4. The van der Waals surface area contributed by atoms with Crippen molar-refractivity contribution in [3.05, 3.63) is 46.9 Å². The molecule has 2 heterocycles. The van der Waals surface area contributed by atoms with Crippen molar-refractivity contribution >= 4 is 16.9 Å². The van der Waals surface area contributed by atoms with Crippen LogP contribution in [0, 0.1) is 12.8 Å². The van der Waals surface area contributed by atoms with Gasteiger partial charge in [0.05, 0.1) is 5.56 Å². The van der Waals surface area contributed by atoms with Crippen LogP contribution in [0.5, 0.6) is 0 Å². The molecule has 9 heteroatoms. The molecule has 0 saturated heterocycles. The Hall–Kier alpha value is -2.84. The number of nitrogens with one attached hydrogen (secondary N) is 1. The minimum absolute atomic E-state index is 0.0773. The Morgan fingerprint density at radius 2 is 1.94 bits per heavy atom. The summed E-state index contributed by atoms with van der Waals surface area (Å²) in [6, 6.07) is 4.12.